The Morgan fingerprint density at radius 1 is 1.29 bits per heavy atom. The van der Waals surface area contributed by atoms with E-state index in [2.05, 4.69) is 4.72 Å². The van der Waals surface area contributed by atoms with Crippen LogP contribution in [0.5, 0.6) is 0 Å². The molecule has 0 aliphatic carbocycles. The van der Waals surface area contributed by atoms with Gasteiger partial charge in [0.15, 0.2) is 0 Å². The molecule has 0 radical (unpaired) electrons. The fraction of sp³-hybridized carbons (Fsp3) is 0.417. The maximum atomic E-state index is 12.4. The van der Waals surface area contributed by atoms with Crippen molar-refractivity contribution in [3.63, 3.8) is 0 Å². The Balaban J connectivity index is 3.26. The maximum Gasteiger partial charge on any atom is 0.244 e. The van der Waals surface area contributed by atoms with Gasteiger partial charge in [-0.05, 0) is 18.1 Å². The molecule has 9 heteroatoms. The van der Waals surface area contributed by atoms with E-state index in [0.717, 1.165) is 0 Å². The monoisotopic (exact) mass is 372 g/mol. The summed E-state index contributed by atoms with van der Waals surface area (Å²) in [5.74, 6) is -1.05. The van der Waals surface area contributed by atoms with Gasteiger partial charge in [0.1, 0.15) is 10.9 Å². The molecule has 0 fully saturated rings. The first-order valence-corrected chi connectivity index (χ1v) is 8.68. The number of primary amides is 1. The molecule has 1 aromatic carbocycles. The van der Waals surface area contributed by atoms with E-state index in [0.29, 0.717) is 6.42 Å². The summed E-state index contributed by atoms with van der Waals surface area (Å²) in [7, 11) is -4.11. The number of amides is 1. The minimum absolute atomic E-state index is 0.132. The molecule has 21 heavy (non-hydrogen) atoms. The summed E-state index contributed by atoms with van der Waals surface area (Å²) in [6.45, 7) is 3.53. The van der Waals surface area contributed by atoms with Crippen LogP contribution < -0.4 is 10.5 Å². The predicted octanol–water partition coefficient (Wildman–Crippen LogP) is 2.83. The highest BCUT2D eigenvalue weighted by molar-refractivity contribution is 7.89. The second-order valence-electron chi connectivity index (χ2n) is 4.59. The number of hydrogen-bond acceptors (Lipinski definition) is 3. The summed E-state index contributed by atoms with van der Waals surface area (Å²) in [6, 6.07) is 1.46. The Kier molecular flexibility index (Phi) is 6.31. The summed E-state index contributed by atoms with van der Waals surface area (Å²) >= 11 is 17.5. The van der Waals surface area contributed by atoms with E-state index in [9.17, 15) is 13.2 Å². The number of sulfonamides is 1. The zero-order valence-electron chi connectivity index (χ0n) is 11.4. The molecule has 2 unspecified atom stereocenters. The number of rotatable bonds is 6. The number of carbonyl (C=O) groups excluding carboxylic acids is 1. The zero-order chi connectivity index (χ0) is 16.4. The third-order valence-corrected chi connectivity index (χ3v) is 5.61. The highest BCUT2D eigenvalue weighted by Crippen LogP contribution is 2.32. The van der Waals surface area contributed by atoms with Gasteiger partial charge in [-0.3, -0.25) is 4.79 Å². The third-order valence-electron chi connectivity index (χ3n) is 3.03. The topological polar surface area (TPSA) is 89.3 Å². The zero-order valence-corrected chi connectivity index (χ0v) is 14.4. The predicted molar refractivity (Wildman–Crippen MR) is 84.2 cm³/mol. The van der Waals surface area contributed by atoms with E-state index in [1.165, 1.54) is 12.1 Å². The number of carbonyl (C=O) groups is 1. The molecule has 0 saturated carbocycles. The molecule has 0 aliphatic rings. The lowest BCUT2D eigenvalue weighted by molar-refractivity contribution is -0.120. The molecule has 0 bridgehead atoms. The summed E-state index contributed by atoms with van der Waals surface area (Å²) in [4.78, 5) is 11.1. The molecule has 118 valence electrons. The largest absolute Gasteiger partial charge is 0.368 e. The molecular formula is C12H15Cl3N2O3S. The molecule has 1 aromatic rings. The number of benzene rings is 1. The molecule has 0 aromatic heterocycles. The molecule has 2 atom stereocenters. The number of halogens is 3. The number of nitrogens with one attached hydrogen (secondary N) is 1. The first kappa shape index (κ1) is 18.5. The van der Waals surface area contributed by atoms with E-state index in [-0.39, 0.29) is 25.9 Å². The second kappa shape index (κ2) is 7.15. The molecule has 1 amide bonds. The second-order valence-corrected chi connectivity index (χ2v) is 7.49. The Morgan fingerprint density at radius 3 is 2.14 bits per heavy atom. The fourth-order valence-corrected chi connectivity index (χ4v) is 4.56. The molecule has 0 aliphatic heterocycles. The van der Waals surface area contributed by atoms with Gasteiger partial charge < -0.3 is 5.73 Å². The summed E-state index contributed by atoms with van der Waals surface area (Å²) in [5, 5.41) is -0.0583. The van der Waals surface area contributed by atoms with Crippen molar-refractivity contribution in [1.82, 2.24) is 4.72 Å². The molecule has 0 spiro atoms. The van der Waals surface area contributed by atoms with Gasteiger partial charge in [0.25, 0.3) is 0 Å². The standard InChI is InChI=1S/C12H15Cl3N2O3S/c1-3-6(2)10(12(16)18)17-21(19,20)11-8(14)4-7(13)5-9(11)15/h4-6,10,17H,3H2,1-2H3,(H2,16,18). The van der Waals surface area contributed by atoms with Crippen LogP contribution in [-0.2, 0) is 14.8 Å². The summed E-state index contributed by atoms with van der Waals surface area (Å²) < 4.78 is 27.0. The molecule has 0 saturated heterocycles. The van der Waals surface area contributed by atoms with Crippen LogP contribution in [0.15, 0.2) is 17.0 Å². The lowest BCUT2D eigenvalue weighted by atomic mass is 10.00. The maximum absolute atomic E-state index is 12.4. The average molecular weight is 374 g/mol. The van der Waals surface area contributed by atoms with Crippen molar-refractivity contribution >= 4 is 50.7 Å². The van der Waals surface area contributed by atoms with Gasteiger partial charge >= 0.3 is 0 Å². The van der Waals surface area contributed by atoms with E-state index in [1.54, 1.807) is 6.92 Å². The smallest absolute Gasteiger partial charge is 0.244 e. The van der Waals surface area contributed by atoms with Crippen LogP contribution in [0.4, 0.5) is 0 Å². The minimum Gasteiger partial charge on any atom is -0.368 e. The SMILES string of the molecule is CCC(C)C(NS(=O)(=O)c1c(Cl)cc(Cl)cc1Cl)C(N)=O. The first-order valence-electron chi connectivity index (χ1n) is 6.06. The summed E-state index contributed by atoms with van der Waals surface area (Å²) in [6.07, 6.45) is 0.568. The lowest BCUT2D eigenvalue weighted by Gasteiger charge is -2.21. The van der Waals surface area contributed by atoms with Gasteiger partial charge in [0, 0.05) is 5.02 Å². The first-order chi connectivity index (χ1) is 9.60. The molecule has 3 N–H and O–H groups in total. The highest BCUT2D eigenvalue weighted by atomic mass is 35.5. The van der Waals surface area contributed by atoms with Crippen LogP contribution in [-0.4, -0.2) is 20.4 Å². The van der Waals surface area contributed by atoms with Crippen molar-refractivity contribution in [3.8, 4) is 0 Å². The van der Waals surface area contributed by atoms with Crippen molar-refractivity contribution in [2.75, 3.05) is 0 Å². The lowest BCUT2D eigenvalue weighted by Crippen LogP contribution is -2.48. The van der Waals surface area contributed by atoms with E-state index in [1.807, 2.05) is 6.92 Å². The molecule has 1 rings (SSSR count). The van der Waals surface area contributed by atoms with Crippen LogP contribution in [0.3, 0.4) is 0 Å². The van der Waals surface area contributed by atoms with Gasteiger partial charge in [-0.2, -0.15) is 4.72 Å². The molecular weight excluding hydrogens is 359 g/mol. The molecule has 0 heterocycles. The van der Waals surface area contributed by atoms with Gasteiger partial charge in [-0.1, -0.05) is 55.1 Å². The van der Waals surface area contributed by atoms with E-state index >= 15 is 0 Å². The van der Waals surface area contributed by atoms with Crippen LogP contribution in [0.1, 0.15) is 20.3 Å². The normalized spacial score (nSPS) is 14.7. The van der Waals surface area contributed by atoms with Crippen molar-refractivity contribution < 1.29 is 13.2 Å². The van der Waals surface area contributed by atoms with Gasteiger partial charge in [0.05, 0.1) is 10.0 Å². The van der Waals surface area contributed by atoms with Crippen LogP contribution in [0.2, 0.25) is 15.1 Å². The number of nitrogens with two attached hydrogens (primary N) is 1. The number of hydrogen-bond donors (Lipinski definition) is 2. The average Bonchev–Trinajstić information content (AvgIpc) is 2.33. The Bertz CT molecular complexity index is 626. The summed E-state index contributed by atoms with van der Waals surface area (Å²) in [5.41, 5.74) is 5.25. The van der Waals surface area contributed by atoms with E-state index < -0.39 is 22.0 Å². The van der Waals surface area contributed by atoms with Crippen molar-refractivity contribution in [2.24, 2.45) is 11.7 Å². The highest BCUT2D eigenvalue weighted by Gasteiger charge is 2.30. The molecule has 5 nitrogen and oxygen atoms in total. The van der Waals surface area contributed by atoms with Crippen LogP contribution in [0, 0.1) is 5.92 Å². The van der Waals surface area contributed by atoms with Gasteiger partial charge in [-0.25, -0.2) is 8.42 Å². The van der Waals surface area contributed by atoms with Gasteiger partial charge in [0.2, 0.25) is 15.9 Å². The van der Waals surface area contributed by atoms with Crippen molar-refractivity contribution in [2.45, 2.75) is 31.2 Å². The van der Waals surface area contributed by atoms with Crippen molar-refractivity contribution in [1.29, 1.82) is 0 Å². The van der Waals surface area contributed by atoms with Crippen molar-refractivity contribution in [3.05, 3.63) is 27.2 Å². The Labute approximate surface area is 138 Å². The van der Waals surface area contributed by atoms with E-state index in [4.69, 9.17) is 40.5 Å². The van der Waals surface area contributed by atoms with Gasteiger partial charge in [-0.15, -0.1) is 0 Å². The van der Waals surface area contributed by atoms with Crippen LogP contribution >= 0.6 is 34.8 Å². The Morgan fingerprint density at radius 2 is 1.76 bits per heavy atom. The third kappa shape index (κ3) is 4.47. The van der Waals surface area contributed by atoms with Crippen LogP contribution in [0.25, 0.3) is 0 Å². The quantitative estimate of drug-likeness (QED) is 0.803. The minimum atomic E-state index is -4.11. The fourth-order valence-electron chi connectivity index (χ4n) is 1.70. The Hall–Kier alpha value is -0.530.